The van der Waals surface area contributed by atoms with E-state index < -0.39 is 17.4 Å². The molecule has 0 fully saturated rings. The van der Waals surface area contributed by atoms with E-state index in [4.69, 9.17) is 0 Å². The van der Waals surface area contributed by atoms with Crippen molar-refractivity contribution in [2.45, 2.75) is 6.42 Å². The predicted octanol–water partition coefficient (Wildman–Crippen LogP) is 0.0489. The van der Waals surface area contributed by atoms with Gasteiger partial charge in [0.15, 0.2) is 4.96 Å². The lowest BCUT2D eigenvalue weighted by Crippen LogP contribution is -2.32. The Balaban J connectivity index is 2.11. The molecule has 2 heterocycles. The third kappa shape index (κ3) is 2.79. The second-order valence-electron chi connectivity index (χ2n) is 3.61. The van der Waals surface area contributed by atoms with Crippen LogP contribution in [0.4, 0.5) is 0 Å². The van der Waals surface area contributed by atoms with E-state index >= 15 is 0 Å². The summed E-state index contributed by atoms with van der Waals surface area (Å²) in [6.07, 6.45) is 2.85. The van der Waals surface area contributed by atoms with Gasteiger partial charge >= 0.3 is 5.97 Å². The van der Waals surface area contributed by atoms with Gasteiger partial charge in [0, 0.05) is 24.3 Å². The minimum absolute atomic E-state index is 0.0533. The van der Waals surface area contributed by atoms with Gasteiger partial charge < -0.3 is 10.1 Å². The first-order valence-corrected chi connectivity index (χ1v) is 6.31. The van der Waals surface area contributed by atoms with E-state index in [1.807, 2.05) is 0 Å². The summed E-state index contributed by atoms with van der Waals surface area (Å²) >= 11 is 1.31. The number of methoxy groups -OCH3 is 1. The first kappa shape index (κ1) is 13.2. The molecule has 0 atom stereocenters. The number of carbonyl (C=O) groups excluding carboxylic acids is 2. The first-order valence-electron chi connectivity index (χ1n) is 5.43. The molecule has 2 rings (SSSR count). The molecular formula is C11H11N3O4S. The van der Waals surface area contributed by atoms with Crippen LogP contribution in [0, 0.1) is 0 Å². The monoisotopic (exact) mass is 281 g/mol. The van der Waals surface area contributed by atoms with Crippen molar-refractivity contribution in [3.8, 4) is 0 Å². The molecule has 0 aliphatic rings. The molecule has 0 unspecified atom stereocenters. The van der Waals surface area contributed by atoms with Gasteiger partial charge in [0.05, 0.1) is 13.5 Å². The van der Waals surface area contributed by atoms with Gasteiger partial charge in [-0.3, -0.25) is 18.8 Å². The molecular weight excluding hydrogens is 270 g/mol. The van der Waals surface area contributed by atoms with Crippen molar-refractivity contribution in [3.63, 3.8) is 0 Å². The van der Waals surface area contributed by atoms with Gasteiger partial charge in [-0.15, -0.1) is 11.3 Å². The SMILES string of the molecule is COC(=O)CCNC(=O)c1cnc2sccn2c1=O. The zero-order valence-corrected chi connectivity index (χ0v) is 10.9. The van der Waals surface area contributed by atoms with Crippen LogP contribution in [0.15, 0.2) is 22.6 Å². The van der Waals surface area contributed by atoms with Crippen LogP contribution in [0.1, 0.15) is 16.8 Å². The summed E-state index contributed by atoms with van der Waals surface area (Å²) in [5.41, 5.74) is -0.484. The number of esters is 1. The maximum Gasteiger partial charge on any atom is 0.307 e. The number of nitrogens with one attached hydrogen (secondary N) is 1. The van der Waals surface area contributed by atoms with E-state index in [0.29, 0.717) is 4.96 Å². The molecule has 1 N–H and O–H groups in total. The lowest BCUT2D eigenvalue weighted by molar-refractivity contribution is -0.140. The van der Waals surface area contributed by atoms with Crippen LogP contribution < -0.4 is 10.9 Å². The van der Waals surface area contributed by atoms with Crippen molar-refractivity contribution in [2.75, 3.05) is 13.7 Å². The topological polar surface area (TPSA) is 89.8 Å². The minimum atomic E-state index is -0.554. The van der Waals surface area contributed by atoms with Crippen LogP contribution in [0.2, 0.25) is 0 Å². The van der Waals surface area contributed by atoms with Crippen LogP contribution in [0.25, 0.3) is 4.96 Å². The van der Waals surface area contributed by atoms with Crippen molar-refractivity contribution < 1.29 is 14.3 Å². The van der Waals surface area contributed by atoms with Crippen LogP contribution in [-0.4, -0.2) is 34.9 Å². The fourth-order valence-electron chi connectivity index (χ4n) is 1.46. The van der Waals surface area contributed by atoms with Gasteiger partial charge in [-0.2, -0.15) is 0 Å². The van der Waals surface area contributed by atoms with Gasteiger partial charge in [-0.25, -0.2) is 4.98 Å². The number of carbonyl (C=O) groups is 2. The van der Waals surface area contributed by atoms with Gasteiger partial charge in [-0.05, 0) is 0 Å². The van der Waals surface area contributed by atoms with Gasteiger partial charge in [0.1, 0.15) is 5.56 Å². The highest BCUT2D eigenvalue weighted by molar-refractivity contribution is 7.15. The number of amides is 1. The highest BCUT2D eigenvalue weighted by Crippen LogP contribution is 2.05. The maximum atomic E-state index is 12.0. The Morgan fingerprint density at radius 2 is 2.32 bits per heavy atom. The smallest absolute Gasteiger partial charge is 0.307 e. The Hall–Kier alpha value is -2.22. The highest BCUT2D eigenvalue weighted by Gasteiger charge is 2.13. The molecule has 8 heteroatoms. The predicted molar refractivity (Wildman–Crippen MR) is 68.3 cm³/mol. The highest BCUT2D eigenvalue weighted by atomic mass is 32.1. The standard InChI is InChI=1S/C11H11N3O4S/c1-18-8(15)2-3-12-9(16)7-6-13-11-14(10(7)17)4-5-19-11/h4-6H,2-3H2,1H3,(H,12,16). The summed E-state index contributed by atoms with van der Waals surface area (Å²) in [5.74, 6) is -0.981. The molecule has 0 spiro atoms. The Bertz CT molecular complexity index is 676. The number of hydrogen-bond donors (Lipinski definition) is 1. The molecule has 0 aliphatic heterocycles. The van der Waals surface area contributed by atoms with Gasteiger partial charge in [-0.1, -0.05) is 0 Å². The molecule has 0 radical (unpaired) electrons. The molecule has 2 aromatic rings. The van der Waals surface area contributed by atoms with Gasteiger partial charge in [0.2, 0.25) is 0 Å². The number of rotatable bonds is 4. The van der Waals surface area contributed by atoms with E-state index in [2.05, 4.69) is 15.0 Å². The number of nitrogens with zero attached hydrogens (tertiary/aromatic N) is 2. The molecule has 2 aromatic heterocycles. The van der Waals surface area contributed by atoms with Crippen LogP contribution >= 0.6 is 11.3 Å². The van der Waals surface area contributed by atoms with Crippen LogP contribution in [-0.2, 0) is 9.53 Å². The Morgan fingerprint density at radius 3 is 3.05 bits per heavy atom. The zero-order valence-electron chi connectivity index (χ0n) is 10.1. The molecule has 19 heavy (non-hydrogen) atoms. The van der Waals surface area contributed by atoms with E-state index in [1.54, 1.807) is 11.6 Å². The first-order chi connectivity index (χ1) is 9.13. The second-order valence-corrected chi connectivity index (χ2v) is 4.49. The summed E-state index contributed by atoms with van der Waals surface area (Å²) in [7, 11) is 1.27. The summed E-state index contributed by atoms with van der Waals surface area (Å²) in [5, 5.41) is 4.18. The lowest BCUT2D eigenvalue weighted by atomic mass is 10.3. The Labute approximate surface area is 111 Å². The van der Waals surface area contributed by atoms with Crippen LogP contribution in [0.5, 0.6) is 0 Å². The number of hydrogen-bond acceptors (Lipinski definition) is 6. The largest absolute Gasteiger partial charge is 0.469 e. The number of thiazole rings is 1. The Morgan fingerprint density at radius 1 is 1.53 bits per heavy atom. The number of aromatic nitrogens is 2. The van der Waals surface area contributed by atoms with Crippen molar-refractivity contribution >= 4 is 28.2 Å². The molecule has 7 nitrogen and oxygen atoms in total. The molecule has 0 bridgehead atoms. The lowest BCUT2D eigenvalue weighted by Gasteiger charge is -2.03. The van der Waals surface area contributed by atoms with Crippen molar-refractivity contribution in [3.05, 3.63) is 33.7 Å². The van der Waals surface area contributed by atoms with Gasteiger partial charge in [0.25, 0.3) is 11.5 Å². The van der Waals surface area contributed by atoms with E-state index in [-0.39, 0.29) is 18.5 Å². The average molecular weight is 281 g/mol. The third-order valence-electron chi connectivity index (χ3n) is 2.43. The fraction of sp³-hybridized carbons (Fsp3) is 0.273. The van der Waals surface area contributed by atoms with Crippen molar-refractivity contribution in [1.29, 1.82) is 0 Å². The number of fused-ring (bicyclic) bond motifs is 1. The number of ether oxygens (including phenoxy) is 1. The van der Waals surface area contributed by atoms with Crippen LogP contribution in [0.3, 0.4) is 0 Å². The van der Waals surface area contributed by atoms with Crippen molar-refractivity contribution in [2.24, 2.45) is 0 Å². The van der Waals surface area contributed by atoms with E-state index in [1.165, 1.54) is 29.0 Å². The molecule has 1 amide bonds. The quantitative estimate of drug-likeness (QED) is 0.800. The average Bonchev–Trinajstić information content (AvgIpc) is 2.88. The fourth-order valence-corrected chi connectivity index (χ4v) is 2.13. The third-order valence-corrected chi connectivity index (χ3v) is 3.20. The maximum absolute atomic E-state index is 12.0. The normalized spacial score (nSPS) is 10.4. The summed E-state index contributed by atoms with van der Waals surface area (Å²) in [6, 6.07) is 0. The molecule has 100 valence electrons. The molecule has 0 aliphatic carbocycles. The minimum Gasteiger partial charge on any atom is -0.469 e. The second kappa shape index (κ2) is 5.61. The summed E-state index contributed by atoms with van der Waals surface area (Å²) in [4.78, 5) is 39.2. The van der Waals surface area contributed by atoms with E-state index in [9.17, 15) is 14.4 Å². The Kier molecular flexibility index (Phi) is 3.91. The molecule has 0 saturated heterocycles. The molecule has 0 saturated carbocycles. The zero-order chi connectivity index (χ0) is 13.8. The summed E-state index contributed by atoms with van der Waals surface area (Å²) in [6.45, 7) is 0.108. The molecule has 0 aromatic carbocycles. The summed E-state index contributed by atoms with van der Waals surface area (Å²) < 4.78 is 5.75. The van der Waals surface area contributed by atoms with Crippen molar-refractivity contribution in [1.82, 2.24) is 14.7 Å². The van der Waals surface area contributed by atoms with E-state index in [0.717, 1.165) is 0 Å².